The lowest BCUT2D eigenvalue weighted by atomic mass is 10.1. The van der Waals surface area contributed by atoms with E-state index >= 15 is 0 Å². The van der Waals surface area contributed by atoms with Gasteiger partial charge in [-0.25, -0.2) is 9.78 Å². The Hall–Kier alpha value is -3.32. The molecule has 3 rings (SSSR count). The molecule has 0 aliphatic heterocycles. The molecule has 0 amide bonds. The van der Waals surface area contributed by atoms with Crippen molar-refractivity contribution >= 4 is 23.6 Å². The normalized spacial score (nSPS) is 12.6. The Morgan fingerprint density at radius 2 is 1.88 bits per heavy atom. The number of rotatable bonds is 9. The van der Waals surface area contributed by atoms with Crippen molar-refractivity contribution in [3.8, 4) is 17.0 Å². The number of benzene rings is 2. The van der Waals surface area contributed by atoms with Crippen LogP contribution in [0.5, 0.6) is 5.75 Å². The smallest absolute Gasteiger partial charge is 0.416 e. The van der Waals surface area contributed by atoms with Crippen molar-refractivity contribution < 1.29 is 27.8 Å². The van der Waals surface area contributed by atoms with Gasteiger partial charge in [0.15, 0.2) is 0 Å². The average Bonchev–Trinajstić information content (AvgIpc) is 2.81. The molecule has 0 saturated carbocycles. The second-order valence-corrected chi connectivity index (χ2v) is 8.04. The van der Waals surface area contributed by atoms with Gasteiger partial charge in [-0.2, -0.15) is 13.2 Å². The molecule has 4 nitrogen and oxygen atoms in total. The summed E-state index contributed by atoms with van der Waals surface area (Å²) >= 11 is 6.37. The third-order valence-corrected chi connectivity index (χ3v) is 5.37. The number of aromatic nitrogens is 1. The highest BCUT2D eigenvalue weighted by Crippen LogP contribution is 2.34. The fraction of sp³-hybridized carbons (Fsp3) is 0.231. The van der Waals surface area contributed by atoms with Crippen molar-refractivity contribution in [3.63, 3.8) is 0 Å². The molecule has 3 aromatic rings. The van der Waals surface area contributed by atoms with Gasteiger partial charge >= 0.3 is 12.1 Å². The number of carbonyl (C=O) groups is 1. The van der Waals surface area contributed by atoms with Crippen LogP contribution in [0.1, 0.15) is 49.1 Å². The first-order valence-electron chi connectivity index (χ1n) is 10.7. The van der Waals surface area contributed by atoms with Gasteiger partial charge in [-0.3, -0.25) is 0 Å². The lowest BCUT2D eigenvalue weighted by Gasteiger charge is -2.20. The van der Waals surface area contributed by atoms with E-state index in [0.29, 0.717) is 39.7 Å². The van der Waals surface area contributed by atoms with E-state index in [1.165, 1.54) is 18.2 Å². The fourth-order valence-electron chi connectivity index (χ4n) is 3.32. The standard InChI is InChI=1S/C26H23ClF3NO3/c1-2-3-7-24(34-23-14-8-17(16-20(23)27)9-15-25(32)33)22-6-4-5-21(31-22)18-10-12-19(13-11-18)26(28,29)30/h4-6,8-16,24H,2-3,7H2,1H3,(H,32,33)/t24-/m0/s1. The topological polar surface area (TPSA) is 59.4 Å². The highest BCUT2D eigenvalue weighted by molar-refractivity contribution is 6.32. The molecule has 0 bridgehead atoms. The van der Waals surface area contributed by atoms with E-state index in [-0.39, 0.29) is 0 Å². The Kier molecular flexibility index (Phi) is 8.34. The number of hydrogen-bond donors (Lipinski definition) is 1. The van der Waals surface area contributed by atoms with Crippen molar-refractivity contribution in [2.45, 2.75) is 38.5 Å². The van der Waals surface area contributed by atoms with Gasteiger partial charge < -0.3 is 9.84 Å². The van der Waals surface area contributed by atoms with E-state index in [4.69, 9.17) is 21.4 Å². The zero-order valence-corrected chi connectivity index (χ0v) is 19.1. The number of carboxylic acid groups (broad SMARTS) is 1. The number of aliphatic carboxylic acids is 1. The molecular weight excluding hydrogens is 467 g/mol. The second-order valence-electron chi connectivity index (χ2n) is 7.63. The number of pyridine rings is 1. The Bertz CT molecular complexity index is 1160. The summed E-state index contributed by atoms with van der Waals surface area (Å²) in [5, 5.41) is 9.11. The molecule has 1 atom stereocenters. The lowest BCUT2D eigenvalue weighted by molar-refractivity contribution is -0.137. The van der Waals surface area contributed by atoms with Crippen LogP contribution in [-0.4, -0.2) is 16.1 Å². The van der Waals surface area contributed by atoms with Gasteiger partial charge in [0.05, 0.1) is 22.0 Å². The molecule has 0 fully saturated rings. The summed E-state index contributed by atoms with van der Waals surface area (Å²) in [6, 6.07) is 15.2. The molecule has 1 N–H and O–H groups in total. The SMILES string of the molecule is CCCC[C@H](Oc1ccc(C=CC(=O)O)cc1Cl)c1cccc(-c2ccc(C(F)(F)F)cc2)n1. The molecule has 34 heavy (non-hydrogen) atoms. The molecule has 8 heteroatoms. The molecule has 1 heterocycles. The lowest BCUT2D eigenvalue weighted by Crippen LogP contribution is -2.10. The predicted molar refractivity (Wildman–Crippen MR) is 126 cm³/mol. The summed E-state index contributed by atoms with van der Waals surface area (Å²) < 4.78 is 44.8. The van der Waals surface area contributed by atoms with Crippen molar-refractivity contribution in [1.29, 1.82) is 0 Å². The third-order valence-electron chi connectivity index (χ3n) is 5.07. The van der Waals surface area contributed by atoms with E-state index in [9.17, 15) is 18.0 Å². The molecule has 0 aliphatic carbocycles. The van der Waals surface area contributed by atoms with Gasteiger partial charge in [0.25, 0.3) is 0 Å². The maximum atomic E-state index is 12.9. The fourth-order valence-corrected chi connectivity index (χ4v) is 3.55. The van der Waals surface area contributed by atoms with Crippen molar-refractivity contribution in [2.75, 3.05) is 0 Å². The molecule has 2 aromatic carbocycles. The van der Waals surface area contributed by atoms with Crippen LogP contribution >= 0.6 is 11.6 Å². The number of ether oxygens (including phenoxy) is 1. The minimum atomic E-state index is -4.40. The van der Waals surface area contributed by atoms with Gasteiger partial charge in [-0.15, -0.1) is 0 Å². The van der Waals surface area contributed by atoms with Gasteiger partial charge in [0, 0.05) is 11.6 Å². The van der Waals surface area contributed by atoms with Crippen LogP contribution in [0.4, 0.5) is 13.2 Å². The summed E-state index contributed by atoms with van der Waals surface area (Å²) in [7, 11) is 0. The minimum absolute atomic E-state index is 0.327. The quantitative estimate of drug-likeness (QED) is 0.311. The van der Waals surface area contributed by atoms with Crippen molar-refractivity contribution in [3.05, 3.63) is 88.6 Å². The number of hydrogen-bond acceptors (Lipinski definition) is 3. The first kappa shape index (κ1) is 25.3. The largest absolute Gasteiger partial charge is 0.483 e. The van der Waals surface area contributed by atoms with Crippen molar-refractivity contribution in [2.24, 2.45) is 0 Å². The average molecular weight is 490 g/mol. The number of halogens is 4. The van der Waals surface area contributed by atoms with Crippen LogP contribution in [0.25, 0.3) is 17.3 Å². The van der Waals surface area contributed by atoms with E-state index in [2.05, 4.69) is 11.9 Å². The Labute approximate surface area is 200 Å². The van der Waals surface area contributed by atoms with Gasteiger partial charge in [0.1, 0.15) is 11.9 Å². The number of alkyl halides is 3. The van der Waals surface area contributed by atoms with Crippen LogP contribution in [0, 0.1) is 0 Å². The Morgan fingerprint density at radius 1 is 1.15 bits per heavy atom. The minimum Gasteiger partial charge on any atom is -0.483 e. The van der Waals surface area contributed by atoms with E-state index in [1.807, 2.05) is 6.07 Å². The van der Waals surface area contributed by atoms with E-state index in [0.717, 1.165) is 31.1 Å². The third kappa shape index (κ3) is 6.84. The molecule has 1 aromatic heterocycles. The van der Waals surface area contributed by atoms with Gasteiger partial charge in [-0.1, -0.05) is 49.2 Å². The first-order valence-corrected chi connectivity index (χ1v) is 11.1. The second kappa shape index (κ2) is 11.2. The van der Waals surface area contributed by atoms with Gasteiger partial charge in [-0.05, 0) is 60.9 Å². The highest BCUT2D eigenvalue weighted by atomic mass is 35.5. The summed E-state index contributed by atoms with van der Waals surface area (Å²) in [5.41, 5.74) is 1.64. The summed E-state index contributed by atoms with van der Waals surface area (Å²) in [4.78, 5) is 15.4. The monoisotopic (exact) mass is 489 g/mol. The van der Waals surface area contributed by atoms with Crippen LogP contribution in [0.3, 0.4) is 0 Å². The summed E-state index contributed by atoms with van der Waals surface area (Å²) in [6.45, 7) is 2.06. The predicted octanol–water partition coefficient (Wildman–Crippen LogP) is 7.83. The van der Waals surface area contributed by atoms with Gasteiger partial charge in [0.2, 0.25) is 0 Å². The molecule has 0 spiro atoms. The molecular formula is C26H23ClF3NO3. The highest BCUT2D eigenvalue weighted by Gasteiger charge is 2.30. The van der Waals surface area contributed by atoms with Crippen LogP contribution in [0.2, 0.25) is 5.02 Å². The molecule has 0 radical (unpaired) electrons. The molecule has 0 unspecified atom stereocenters. The zero-order chi connectivity index (χ0) is 24.7. The Balaban J connectivity index is 1.86. The van der Waals surface area contributed by atoms with Crippen LogP contribution < -0.4 is 4.74 Å². The van der Waals surface area contributed by atoms with Crippen LogP contribution in [0.15, 0.2) is 66.7 Å². The van der Waals surface area contributed by atoms with Crippen LogP contribution in [-0.2, 0) is 11.0 Å². The first-order chi connectivity index (χ1) is 16.2. The maximum absolute atomic E-state index is 12.9. The van der Waals surface area contributed by atoms with Crippen molar-refractivity contribution in [1.82, 2.24) is 4.98 Å². The number of carboxylic acids is 1. The van der Waals surface area contributed by atoms with E-state index in [1.54, 1.807) is 30.3 Å². The molecule has 0 saturated heterocycles. The zero-order valence-electron chi connectivity index (χ0n) is 18.3. The molecule has 178 valence electrons. The molecule has 0 aliphatic rings. The summed E-state index contributed by atoms with van der Waals surface area (Å²) in [5.74, 6) is -0.632. The van der Waals surface area contributed by atoms with E-state index < -0.39 is 23.8 Å². The summed E-state index contributed by atoms with van der Waals surface area (Å²) in [6.07, 6.45) is 0.0996. The maximum Gasteiger partial charge on any atom is 0.416 e. The Morgan fingerprint density at radius 3 is 2.50 bits per heavy atom. The number of unbranched alkanes of at least 4 members (excludes halogenated alkanes) is 1. The number of nitrogens with zero attached hydrogens (tertiary/aromatic N) is 1.